The molecule has 1 saturated heterocycles. The lowest BCUT2D eigenvalue weighted by Crippen LogP contribution is -2.60. The molecule has 0 unspecified atom stereocenters. The maximum Gasteiger partial charge on any atom is 0.335 e. The van der Waals surface area contributed by atoms with E-state index >= 15 is 0 Å². The molecule has 2 heterocycles. The number of hydrogen-bond acceptors (Lipinski definition) is 11. The van der Waals surface area contributed by atoms with Gasteiger partial charge < -0.3 is 49.6 Å². The highest BCUT2D eigenvalue weighted by atomic mass is 16.8. The van der Waals surface area contributed by atoms with Crippen LogP contribution < -0.4 is 0 Å². The van der Waals surface area contributed by atoms with Crippen molar-refractivity contribution >= 4 is 11.9 Å². The van der Waals surface area contributed by atoms with Crippen LogP contribution in [0, 0.1) is 11.8 Å². The molecular weight excluding hydrogens is 408 g/mol. The monoisotopic (exact) mass is 432 g/mol. The molecule has 0 bridgehead atoms. The van der Waals surface area contributed by atoms with Crippen LogP contribution in [-0.2, 0) is 28.5 Å². The van der Waals surface area contributed by atoms with Gasteiger partial charge in [-0.15, -0.1) is 0 Å². The molecule has 30 heavy (non-hydrogen) atoms. The van der Waals surface area contributed by atoms with Crippen molar-refractivity contribution in [2.45, 2.75) is 50.0 Å². The second-order valence-electron chi connectivity index (χ2n) is 7.24. The number of aliphatic carboxylic acids is 1. The molecule has 0 aromatic carbocycles. The topological polar surface area (TPSA) is 192 Å². The van der Waals surface area contributed by atoms with Gasteiger partial charge in [-0.05, 0) is 11.6 Å². The molecule has 0 amide bonds. The Morgan fingerprint density at radius 3 is 2.33 bits per heavy atom. The van der Waals surface area contributed by atoms with Crippen LogP contribution >= 0.6 is 0 Å². The molecule has 0 spiro atoms. The van der Waals surface area contributed by atoms with E-state index < -0.39 is 80.1 Å². The molecule has 168 valence electrons. The first-order valence-corrected chi connectivity index (χ1v) is 9.23. The number of aliphatic hydroxyl groups excluding tert-OH is 5. The standard InChI is InChI=1S/C18H24O12/c1-6(21)28-9-2-7(3-19)11-12(9)8(16(25)26)5-27-17(11)30-18-15(24)14(23)13(22)10(4-20)29-18/h2,5,9-15,17-20,22-24H,3-4H2,1H3,(H,25,26)/t9-,10+,11+,12-,13+,14-,15+,17-,18-/m0/s1. The molecule has 6 N–H and O–H groups in total. The summed E-state index contributed by atoms with van der Waals surface area (Å²) in [6.07, 6.45) is -7.70. The Kier molecular flexibility index (Phi) is 6.77. The summed E-state index contributed by atoms with van der Waals surface area (Å²) in [5.41, 5.74) is 0.0762. The van der Waals surface area contributed by atoms with Crippen molar-refractivity contribution < 1.29 is 59.2 Å². The predicted molar refractivity (Wildman–Crippen MR) is 93.1 cm³/mol. The Bertz CT molecular complexity index is 731. The zero-order valence-electron chi connectivity index (χ0n) is 15.9. The first-order valence-electron chi connectivity index (χ1n) is 9.23. The van der Waals surface area contributed by atoms with E-state index in [4.69, 9.17) is 18.9 Å². The number of carboxylic acids is 1. The van der Waals surface area contributed by atoms with Gasteiger partial charge in [-0.1, -0.05) is 0 Å². The van der Waals surface area contributed by atoms with E-state index in [2.05, 4.69) is 0 Å². The molecule has 1 fully saturated rings. The Balaban J connectivity index is 1.88. The molecule has 0 aromatic heterocycles. The number of ether oxygens (including phenoxy) is 4. The molecule has 1 aliphatic carbocycles. The largest absolute Gasteiger partial charge is 0.478 e. The van der Waals surface area contributed by atoms with Gasteiger partial charge in [0.1, 0.15) is 30.5 Å². The Morgan fingerprint density at radius 2 is 1.77 bits per heavy atom. The lowest BCUT2D eigenvalue weighted by molar-refractivity contribution is -0.340. The van der Waals surface area contributed by atoms with Gasteiger partial charge in [0.05, 0.1) is 31.0 Å². The van der Waals surface area contributed by atoms with Crippen molar-refractivity contribution in [2.75, 3.05) is 13.2 Å². The summed E-state index contributed by atoms with van der Waals surface area (Å²) in [7, 11) is 0. The SMILES string of the molecule is CC(=O)O[C@H]1C=C(CO)[C@H]2[C@H](O[C@@H]3O[C@H](CO)[C@@H](O)[C@H](O)[C@H]3O)OC=C(C(=O)O)[C@H]21. The van der Waals surface area contributed by atoms with Crippen LogP contribution in [0.25, 0.3) is 0 Å². The highest BCUT2D eigenvalue weighted by Crippen LogP contribution is 2.45. The molecule has 0 aromatic rings. The molecule has 2 aliphatic heterocycles. The van der Waals surface area contributed by atoms with E-state index in [-0.39, 0.29) is 11.1 Å². The fraction of sp³-hybridized carbons (Fsp3) is 0.667. The van der Waals surface area contributed by atoms with Crippen molar-refractivity contribution in [2.24, 2.45) is 11.8 Å². The van der Waals surface area contributed by atoms with Gasteiger partial charge in [0.15, 0.2) is 6.29 Å². The minimum atomic E-state index is -1.71. The van der Waals surface area contributed by atoms with Crippen molar-refractivity contribution in [1.82, 2.24) is 0 Å². The molecule has 12 heteroatoms. The van der Waals surface area contributed by atoms with Crippen LogP contribution in [0.1, 0.15) is 6.92 Å². The number of esters is 1. The van der Waals surface area contributed by atoms with Crippen LogP contribution in [0.2, 0.25) is 0 Å². The number of carbonyl (C=O) groups excluding carboxylic acids is 1. The van der Waals surface area contributed by atoms with E-state index in [0.717, 1.165) is 13.2 Å². The summed E-state index contributed by atoms with van der Waals surface area (Å²) in [5, 5.41) is 58.5. The second-order valence-corrected chi connectivity index (χ2v) is 7.24. The fourth-order valence-electron chi connectivity index (χ4n) is 3.96. The summed E-state index contributed by atoms with van der Waals surface area (Å²) in [6.45, 7) is -0.0172. The third-order valence-electron chi connectivity index (χ3n) is 5.38. The predicted octanol–water partition coefficient (Wildman–Crippen LogP) is -2.78. The van der Waals surface area contributed by atoms with Gasteiger partial charge in [0.2, 0.25) is 6.29 Å². The van der Waals surface area contributed by atoms with Crippen molar-refractivity contribution in [3.63, 3.8) is 0 Å². The second kappa shape index (κ2) is 8.98. The van der Waals surface area contributed by atoms with Gasteiger partial charge >= 0.3 is 11.9 Å². The van der Waals surface area contributed by atoms with Gasteiger partial charge in [-0.25, -0.2) is 4.79 Å². The number of hydrogen-bond donors (Lipinski definition) is 6. The third-order valence-corrected chi connectivity index (χ3v) is 5.38. The number of aliphatic hydroxyl groups is 5. The summed E-state index contributed by atoms with van der Waals surface area (Å²) in [6, 6.07) is 0. The van der Waals surface area contributed by atoms with Gasteiger partial charge in [0.25, 0.3) is 0 Å². The van der Waals surface area contributed by atoms with E-state index in [1.54, 1.807) is 0 Å². The van der Waals surface area contributed by atoms with Crippen LogP contribution in [0.15, 0.2) is 23.5 Å². The average Bonchev–Trinajstić information content (AvgIpc) is 3.06. The van der Waals surface area contributed by atoms with Crippen molar-refractivity contribution in [1.29, 1.82) is 0 Å². The third kappa shape index (κ3) is 4.07. The quantitative estimate of drug-likeness (QED) is 0.187. The minimum absolute atomic E-state index is 0.209. The fourth-order valence-corrected chi connectivity index (χ4v) is 3.96. The molecule has 0 radical (unpaired) electrons. The van der Waals surface area contributed by atoms with Gasteiger partial charge in [0, 0.05) is 12.8 Å². The lowest BCUT2D eigenvalue weighted by atomic mass is 9.82. The van der Waals surface area contributed by atoms with Gasteiger partial charge in [-0.2, -0.15) is 0 Å². The summed E-state index contributed by atoms with van der Waals surface area (Å²) in [5.74, 6) is -3.84. The molecule has 12 nitrogen and oxygen atoms in total. The Morgan fingerprint density at radius 1 is 1.07 bits per heavy atom. The first kappa shape index (κ1) is 22.6. The van der Waals surface area contributed by atoms with Crippen LogP contribution in [0.4, 0.5) is 0 Å². The van der Waals surface area contributed by atoms with Crippen LogP contribution in [0.3, 0.4) is 0 Å². The van der Waals surface area contributed by atoms with Crippen molar-refractivity contribution in [3.05, 3.63) is 23.5 Å². The number of carboxylic acid groups (broad SMARTS) is 1. The van der Waals surface area contributed by atoms with E-state index in [0.29, 0.717) is 0 Å². The van der Waals surface area contributed by atoms with Crippen LogP contribution in [0.5, 0.6) is 0 Å². The maximum atomic E-state index is 11.7. The van der Waals surface area contributed by atoms with Crippen molar-refractivity contribution in [3.8, 4) is 0 Å². The molecule has 3 rings (SSSR count). The highest BCUT2D eigenvalue weighted by Gasteiger charge is 2.53. The van der Waals surface area contributed by atoms with Gasteiger partial charge in [-0.3, -0.25) is 4.79 Å². The average molecular weight is 432 g/mol. The zero-order valence-corrected chi connectivity index (χ0v) is 15.9. The summed E-state index contributed by atoms with van der Waals surface area (Å²) in [4.78, 5) is 23.1. The Labute approximate surface area is 170 Å². The molecule has 3 aliphatic rings. The first-order chi connectivity index (χ1) is 14.2. The minimum Gasteiger partial charge on any atom is -0.478 e. The lowest BCUT2D eigenvalue weighted by Gasteiger charge is -2.43. The van der Waals surface area contributed by atoms with E-state index in [1.165, 1.54) is 6.08 Å². The molecular formula is C18H24O12. The highest BCUT2D eigenvalue weighted by molar-refractivity contribution is 5.87. The number of carbonyl (C=O) groups is 2. The maximum absolute atomic E-state index is 11.7. The van der Waals surface area contributed by atoms with E-state index in [1.807, 2.05) is 0 Å². The molecule has 0 saturated carbocycles. The zero-order chi connectivity index (χ0) is 22.2. The van der Waals surface area contributed by atoms with E-state index in [9.17, 15) is 40.2 Å². The molecule has 9 atom stereocenters. The smallest absolute Gasteiger partial charge is 0.335 e. The number of fused-ring (bicyclic) bond motifs is 1. The summed E-state index contributed by atoms with van der Waals surface area (Å²) < 4.78 is 21.5. The van der Waals surface area contributed by atoms with Crippen LogP contribution in [-0.4, -0.2) is 98.9 Å². The number of rotatable bonds is 6. The summed E-state index contributed by atoms with van der Waals surface area (Å²) >= 11 is 0. The normalized spacial score (nSPS) is 40.7. The Hall–Kier alpha value is -2.06.